The average molecular weight is 419 g/mol. The molecular weight excluding hydrogens is 392 g/mol. The van der Waals surface area contributed by atoms with Crippen molar-refractivity contribution >= 4 is 29.3 Å². The van der Waals surface area contributed by atoms with Gasteiger partial charge in [0, 0.05) is 56.1 Å². The van der Waals surface area contributed by atoms with Crippen molar-refractivity contribution in [3.8, 4) is 0 Å². The summed E-state index contributed by atoms with van der Waals surface area (Å²) in [7, 11) is 0. The summed E-state index contributed by atoms with van der Waals surface area (Å²) >= 11 is 6.14. The zero-order valence-corrected chi connectivity index (χ0v) is 17.3. The maximum Gasteiger partial charge on any atom is 0.246 e. The Morgan fingerprint density at radius 3 is 2.66 bits per heavy atom. The number of halogens is 1. The van der Waals surface area contributed by atoms with Crippen molar-refractivity contribution in [2.45, 2.75) is 50.9 Å². The van der Waals surface area contributed by atoms with E-state index in [1.807, 2.05) is 29.2 Å². The Hall–Kier alpha value is -2.12. The van der Waals surface area contributed by atoms with E-state index in [2.05, 4.69) is 15.5 Å². The Balaban J connectivity index is 1.53. The fourth-order valence-electron chi connectivity index (χ4n) is 4.43. The molecular formula is C21H27ClN4O3. The quantitative estimate of drug-likeness (QED) is 0.751. The van der Waals surface area contributed by atoms with E-state index in [9.17, 15) is 14.4 Å². The van der Waals surface area contributed by atoms with Crippen molar-refractivity contribution in [3.63, 3.8) is 0 Å². The van der Waals surface area contributed by atoms with Crippen molar-refractivity contribution < 1.29 is 14.4 Å². The van der Waals surface area contributed by atoms with Gasteiger partial charge in [-0.05, 0) is 37.0 Å². The van der Waals surface area contributed by atoms with Crippen LogP contribution in [0.2, 0.25) is 5.02 Å². The molecule has 2 saturated heterocycles. The second-order valence-electron chi connectivity index (χ2n) is 8.44. The van der Waals surface area contributed by atoms with E-state index in [0.29, 0.717) is 31.2 Å². The van der Waals surface area contributed by atoms with Gasteiger partial charge >= 0.3 is 0 Å². The molecule has 3 atom stereocenters. The molecule has 0 radical (unpaired) electrons. The van der Waals surface area contributed by atoms with Crippen molar-refractivity contribution in [2.75, 3.05) is 19.6 Å². The van der Waals surface area contributed by atoms with Gasteiger partial charge in [0.1, 0.15) is 6.04 Å². The number of nitrogens with zero attached hydrogens (tertiary/aromatic N) is 2. The predicted octanol–water partition coefficient (Wildman–Crippen LogP) is 1.16. The maximum absolute atomic E-state index is 13.2. The number of rotatable bonds is 5. The molecule has 3 fully saturated rings. The van der Waals surface area contributed by atoms with Gasteiger partial charge in [0.2, 0.25) is 17.7 Å². The molecule has 7 nitrogen and oxygen atoms in total. The Labute approximate surface area is 175 Å². The molecule has 1 saturated carbocycles. The molecule has 156 valence electrons. The van der Waals surface area contributed by atoms with E-state index < -0.39 is 6.04 Å². The van der Waals surface area contributed by atoms with Crippen molar-refractivity contribution in [3.05, 3.63) is 34.9 Å². The Morgan fingerprint density at radius 1 is 1.17 bits per heavy atom. The molecule has 1 aromatic rings. The van der Waals surface area contributed by atoms with Crippen LogP contribution in [0.3, 0.4) is 0 Å². The van der Waals surface area contributed by atoms with E-state index >= 15 is 0 Å². The second-order valence-corrected chi connectivity index (χ2v) is 8.87. The average Bonchev–Trinajstić information content (AvgIpc) is 3.43. The molecule has 0 bridgehead atoms. The summed E-state index contributed by atoms with van der Waals surface area (Å²) in [4.78, 5) is 41.2. The van der Waals surface area contributed by atoms with Crippen LogP contribution in [0.1, 0.15) is 31.7 Å². The van der Waals surface area contributed by atoms with Crippen LogP contribution in [-0.4, -0.2) is 65.3 Å². The lowest BCUT2D eigenvalue weighted by Crippen LogP contribution is -2.52. The third kappa shape index (κ3) is 4.90. The summed E-state index contributed by atoms with van der Waals surface area (Å²) in [6.45, 7) is 3.81. The Kier molecular flexibility index (Phi) is 5.79. The lowest BCUT2D eigenvalue weighted by atomic mass is 10.1. The van der Waals surface area contributed by atoms with Gasteiger partial charge in [-0.1, -0.05) is 23.7 Å². The van der Waals surface area contributed by atoms with Gasteiger partial charge in [0.15, 0.2) is 0 Å². The van der Waals surface area contributed by atoms with Crippen LogP contribution < -0.4 is 10.6 Å². The summed E-state index contributed by atoms with van der Waals surface area (Å²) < 4.78 is 0. The largest absolute Gasteiger partial charge is 0.352 e. The van der Waals surface area contributed by atoms with E-state index in [-0.39, 0.29) is 35.7 Å². The number of benzene rings is 1. The summed E-state index contributed by atoms with van der Waals surface area (Å²) in [6.07, 6.45) is 2.52. The molecule has 2 N–H and O–H groups in total. The fourth-order valence-corrected chi connectivity index (χ4v) is 4.64. The van der Waals surface area contributed by atoms with Crippen LogP contribution in [0.25, 0.3) is 0 Å². The molecule has 0 spiro atoms. The zero-order valence-electron chi connectivity index (χ0n) is 16.6. The van der Waals surface area contributed by atoms with Crippen LogP contribution in [0.15, 0.2) is 24.3 Å². The predicted molar refractivity (Wildman–Crippen MR) is 109 cm³/mol. The van der Waals surface area contributed by atoms with Crippen LogP contribution >= 0.6 is 11.6 Å². The number of fused-ring (bicyclic) bond motifs is 1. The monoisotopic (exact) mass is 418 g/mol. The third-order valence-corrected chi connectivity index (χ3v) is 6.11. The lowest BCUT2D eigenvalue weighted by Gasteiger charge is -2.25. The number of carbonyl (C=O) groups excluding carboxylic acids is 3. The maximum atomic E-state index is 13.2. The number of carbonyl (C=O) groups is 3. The first-order chi connectivity index (χ1) is 13.9. The molecule has 4 rings (SSSR count). The number of hydrogen-bond acceptors (Lipinski definition) is 4. The minimum Gasteiger partial charge on any atom is -0.352 e. The van der Waals surface area contributed by atoms with E-state index in [0.717, 1.165) is 24.8 Å². The molecule has 1 aliphatic carbocycles. The number of hydrogen-bond donors (Lipinski definition) is 2. The third-order valence-electron chi connectivity index (χ3n) is 5.87. The van der Waals surface area contributed by atoms with E-state index in [1.165, 1.54) is 6.92 Å². The van der Waals surface area contributed by atoms with Gasteiger partial charge in [-0.3, -0.25) is 19.3 Å². The van der Waals surface area contributed by atoms with Crippen LogP contribution in [0, 0.1) is 5.92 Å². The van der Waals surface area contributed by atoms with E-state index in [1.54, 1.807) is 0 Å². The topological polar surface area (TPSA) is 81.8 Å². The summed E-state index contributed by atoms with van der Waals surface area (Å²) in [6, 6.07) is 7.10. The molecule has 2 aliphatic heterocycles. The van der Waals surface area contributed by atoms with Crippen LogP contribution in [0.5, 0.6) is 0 Å². The summed E-state index contributed by atoms with van der Waals surface area (Å²) in [5, 5.41) is 6.60. The molecule has 29 heavy (non-hydrogen) atoms. The normalized spacial score (nSPS) is 27.3. The summed E-state index contributed by atoms with van der Waals surface area (Å²) in [5.41, 5.74) is 1.07. The van der Waals surface area contributed by atoms with Gasteiger partial charge in [-0.25, -0.2) is 0 Å². The van der Waals surface area contributed by atoms with Gasteiger partial charge in [0.25, 0.3) is 0 Å². The Bertz CT molecular complexity index is 813. The first kappa shape index (κ1) is 20.2. The molecule has 3 aliphatic rings. The van der Waals surface area contributed by atoms with Crippen LogP contribution in [0.4, 0.5) is 0 Å². The minimum atomic E-state index is -0.566. The zero-order chi connectivity index (χ0) is 20.5. The smallest absolute Gasteiger partial charge is 0.246 e. The highest BCUT2D eigenvalue weighted by atomic mass is 35.5. The van der Waals surface area contributed by atoms with Gasteiger partial charge in [-0.2, -0.15) is 0 Å². The molecule has 1 aromatic carbocycles. The first-order valence-electron chi connectivity index (χ1n) is 10.2. The van der Waals surface area contributed by atoms with Crippen LogP contribution in [-0.2, 0) is 20.9 Å². The molecule has 3 amide bonds. The molecule has 8 heteroatoms. The van der Waals surface area contributed by atoms with Gasteiger partial charge in [-0.15, -0.1) is 0 Å². The molecule has 0 aromatic heterocycles. The van der Waals surface area contributed by atoms with Crippen molar-refractivity contribution in [1.29, 1.82) is 0 Å². The molecule has 0 unspecified atom stereocenters. The van der Waals surface area contributed by atoms with Crippen molar-refractivity contribution in [2.24, 2.45) is 5.92 Å². The SMILES string of the molecule is CC(=O)N[C@H]1C[C@H]2CN(Cc3cccc(Cl)c3)C[C@H](NC(=O)C3CC3)C(=O)N2C1. The number of nitrogens with one attached hydrogen (secondary N) is 2. The number of amides is 3. The summed E-state index contributed by atoms with van der Waals surface area (Å²) in [5.74, 6) is -0.115. The lowest BCUT2D eigenvalue weighted by molar-refractivity contribution is -0.136. The highest BCUT2D eigenvalue weighted by Gasteiger charge is 2.43. The van der Waals surface area contributed by atoms with Crippen molar-refractivity contribution in [1.82, 2.24) is 20.4 Å². The first-order valence-corrected chi connectivity index (χ1v) is 10.6. The van der Waals surface area contributed by atoms with E-state index in [4.69, 9.17) is 11.6 Å². The standard InChI is InChI=1S/C21H27ClN4O3/c1-13(27)23-17-8-18-11-25(9-14-3-2-4-16(22)7-14)12-19(21(29)26(18)10-17)24-20(28)15-5-6-15/h2-4,7,15,17-19H,5-6,8-12H2,1H3,(H,23,27)(H,24,28)/t17-,18-,19-/m0/s1. The minimum absolute atomic E-state index is 0.0151. The second kappa shape index (κ2) is 8.32. The fraction of sp³-hybridized carbons (Fsp3) is 0.571. The highest BCUT2D eigenvalue weighted by molar-refractivity contribution is 6.30. The highest BCUT2D eigenvalue weighted by Crippen LogP contribution is 2.30. The van der Waals surface area contributed by atoms with Gasteiger partial charge < -0.3 is 15.5 Å². The Morgan fingerprint density at radius 2 is 1.97 bits per heavy atom. The van der Waals surface area contributed by atoms with Gasteiger partial charge in [0.05, 0.1) is 0 Å². The molecule has 2 heterocycles.